The summed E-state index contributed by atoms with van der Waals surface area (Å²) >= 11 is 4.59. The molecule has 0 amide bonds. The normalized spacial score (nSPS) is 18.6. The van der Waals surface area contributed by atoms with E-state index in [0.29, 0.717) is 18.8 Å². The van der Waals surface area contributed by atoms with Gasteiger partial charge in [-0.05, 0) is 17.7 Å². The predicted molar refractivity (Wildman–Crippen MR) is 62.9 cm³/mol. The number of hydrogen-bond acceptors (Lipinski definition) is 4. The Morgan fingerprint density at radius 2 is 2.19 bits per heavy atom. The number of benzene rings is 1. The summed E-state index contributed by atoms with van der Waals surface area (Å²) in [5, 5.41) is 0. The molecule has 3 rings (SSSR count). The van der Waals surface area contributed by atoms with Gasteiger partial charge in [-0.2, -0.15) is 12.6 Å². The van der Waals surface area contributed by atoms with Crippen molar-refractivity contribution in [1.29, 1.82) is 0 Å². The van der Waals surface area contributed by atoms with Gasteiger partial charge in [-0.15, -0.1) is 0 Å². The minimum Gasteiger partial charge on any atom is -0.408 e. The Morgan fingerprint density at radius 1 is 1.44 bits per heavy atom. The standard InChI is InChI=1S/C11H11NO3S/c1-12-8-4-7(11(16)5-14-6-11)2-3-9(8)15-10(12)13/h2-4,16H,5-6H2,1H3. The second-order valence-corrected chi connectivity index (χ2v) is 4.99. The molecule has 2 heterocycles. The Hall–Kier alpha value is -1.20. The molecule has 0 radical (unpaired) electrons. The molecule has 0 atom stereocenters. The molecular formula is C11H11NO3S. The zero-order valence-corrected chi connectivity index (χ0v) is 9.66. The van der Waals surface area contributed by atoms with Crippen molar-refractivity contribution in [3.8, 4) is 0 Å². The van der Waals surface area contributed by atoms with Crippen LogP contribution in [0, 0.1) is 0 Å². The highest BCUT2D eigenvalue weighted by Gasteiger charge is 2.36. The van der Waals surface area contributed by atoms with Gasteiger partial charge < -0.3 is 9.15 Å². The lowest BCUT2D eigenvalue weighted by atomic mass is 9.96. The summed E-state index contributed by atoms with van der Waals surface area (Å²) in [6, 6.07) is 5.68. The molecule has 0 unspecified atom stereocenters. The SMILES string of the molecule is Cn1c(=O)oc2ccc(C3(S)COC3)cc21. The Labute approximate surface area is 97.2 Å². The highest BCUT2D eigenvalue weighted by atomic mass is 32.1. The summed E-state index contributed by atoms with van der Waals surface area (Å²) in [6.45, 7) is 1.21. The first-order valence-electron chi connectivity index (χ1n) is 5.00. The van der Waals surface area contributed by atoms with Crippen LogP contribution in [0.25, 0.3) is 11.1 Å². The lowest BCUT2D eigenvalue weighted by Crippen LogP contribution is -2.41. The van der Waals surface area contributed by atoms with Crippen molar-refractivity contribution in [2.24, 2.45) is 7.05 Å². The third-order valence-corrected chi connectivity index (χ3v) is 3.53. The van der Waals surface area contributed by atoms with E-state index in [-0.39, 0.29) is 10.5 Å². The predicted octanol–water partition coefficient (Wildman–Crippen LogP) is 1.29. The highest BCUT2D eigenvalue weighted by Crippen LogP contribution is 2.37. The van der Waals surface area contributed by atoms with Crippen LogP contribution in [0.4, 0.5) is 0 Å². The van der Waals surface area contributed by atoms with Crippen LogP contribution < -0.4 is 5.76 Å². The number of thiol groups is 1. The molecule has 0 spiro atoms. The maximum Gasteiger partial charge on any atom is 0.419 e. The summed E-state index contributed by atoms with van der Waals surface area (Å²) in [7, 11) is 1.69. The Kier molecular flexibility index (Phi) is 1.96. The number of rotatable bonds is 1. The van der Waals surface area contributed by atoms with E-state index in [9.17, 15) is 4.79 Å². The van der Waals surface area contributed by atoms with Crippen LogP contribution in [0.1, 0.15) is 5.56 Å². The zero-order valence-electron chi connectivity index (χ0n) is 8.77. The molecule has 2 aromatic rings. The number of fused-ring (bicyclic) bond motifs is 1. The van der Waals surface area contributed by atoms with Crippen molar-refractivity contribution in [2.45, 2.75) is 4.75 Å². The molecule has 16 heavy (non-hydrogen) atoms. The maximum absolute atomic E-state index is 11.3. The molecule has 0 aliphatic carbocycles. The van der Waals surface area contributed by atoms with Gasteiger partial charge in [0.25, 0.3) is 0 Å². The molecule has 0 saturated carbocycles. The third kappa shape index (κ3) is 1.25. The van der Waals surface area contributed by atoms with Gasteiger partial charge >= 0.3 is 5.76 Å². The quantitative estimate of drug-likeness (QED) is 0.760. The van der Waals surface area contributed by atoms with Gasteiger partial charge in [0.15, 0.2) is 5.58 Å². The fraction of sp³-hybridized carbons (Fsp3) is 0.364. The van der Waals surface area contributed by atoms with Crippen LogP contribution in [0.15, 0.2) is 27.4 Å². The smallest absolute Gasteiger partial charge is 0.408 e. The van der Waals surface area contributed by atoms with E-state index < -0.39 is 0 Å². The van der Waals surface area contributed by atoms with Gasteiger partial charge in [-0.25, -0.2) is 4.79 Å². The van der Waals surface area contributed by atoms with Crippen molar-refractivity contribution in [2.75, 3.05) is 13.2 Å². The van der Waals surface area contributed by atoms with Crippen LogP contribution in [-0.2, 0) is 16.5 Å². The number of aryl methyl sites for hydroxylation is 1. The van der Waals surface area contributed by atoms with Crippen LogP contribution in [0.3, 0.4) is 0 Å². The number of ether oxygens (including phenoxy) is 1. The summed E-state index contributed by atoms with van der Waals surface area (Å²) in [5.41, 5.74) is 2.46. The molecule has 4 nitrogen and oxygen atoms in total. The van der Waals surface area contributed by atoms with Gasteiger partial charge in [0, 0.05) is 7.05 Å². The molecule has 1 aliphatic rings. The van der Waals surface area contributed by atoms with Crippen LogP contribution in [0.2, 0.25) is 0 Å². The molecule has 1 aliphatic heterocycles. The molecule has 1 fully saturated rings. The summed E-state index contributed by atoms with van der Waals surface area (Å²) in [5.74, 6) is -0.342. The van der Waals surface area contributed by atoms with Crippen molar-refractivity contribution >= 4 is 23.7 Å². The van der Waals surface area contributed by atoms with Gasteiger partial charge in [0.05, 0.1) is 23.5 Å². The number of aromatic nitrogens is 1. The van der Waals surface area contributed by atoms with Crippen LogP contribution in [0.5, 0.6) is 0 Å². The second-order valence-electron chi connectivity index (χ2n) is 4.13. The zero-order chi connectivity index (χ0) is 11.3. The Balaban J connectivity index is 2.22. The number of hydrogen-bond donors (Lipinski definition) is 1. The topological polar surface area (TPSA) is 44.4 Å². The first kappa shape index (κ1) is 9.99. The highest BCUT2D eigenvalue weighted by molar-refractivity contribution is 7.81. The maximum atomic E-state index is 11.3. The molecule has 84 valence electrons. The Morgan fingerprint density at radius 3 is 2.81 bits per heavy atom. The molecule has 1 aromatic carbocycles. The van der Waals surface area contributed by atoms with E-state index in [2.05, 4.69) is 12.6 Å². The van der Waals surface area contributed by atoms with E-state index >= 15 is 0 Å². The minimum atomic E-state index is -0.342. The lowest BCUT2D eigenvalue weighted by Gasteiger charge is -2.37. The summed E-state index contributed by atoms with van der Waals surface area (Å²) in [4.78, 5) is 11.3. The average molecular weight is 237 g/mol. The molecule has 0 bridgehead atoms. The number of nitrogens with zero attached hydrogens (tertiary/aromatic N) is 1. The molecule has 1 saturated heterocycles. The monoisotopic (exact) mass is 237 g/mol. The fourth-order valence-electron chi connectivity index (χ4n) is 1.88. The van der Waals surface area contributed by atoms with Crippen molar-refractivity contribution in [3.63, 3.8) is 0 Å². The Bertz CT molecular complexity index is 609. The van der Waals surface area contributed by atoms with Crippen molar-refractivity contribution in [3.05, 3.63) is 34.3 Å². The van der Waals surface area contributed by atoms with Gasteiger partial charge in [0.1, 0.15) is 0 Å². The molecule has 0 N–H and O–H groups in total. The van der Waals surface area contributed by atoms with E-state index in [1.165, 1.54) is 4.57 Å². The van der Waals surface area contributed by atoms with Crippen LogP contribution in [-0.4, -0.2) is 17.8 Å². The number of oxazole rings is 1. The van der Waals surface area contributed by atoms with E-state index in [1.54, 1.807) is 7.05 Å². The minimum absolute atomic E-state index is 0.221. The van der Waals surface area contributed by atoms with Gasteiger partial charge in [-0.3, -0.25) is 4.57 Å². The van der Waals surface area contributed by atoms with Crippen molar-refractivity contribution < 1.29 is 9.15 Å². The largest absolute Gasteiger partial charge is 0.419 e. The van der Waals surface area contributed by atoms with Gasteiger partial charge in [-0.1, -0.05) is 6.07 Å². The fourth-order valence-corrected chi connectivity index (χ4v) is 2.20. The summed E-state index contributed by atoms with van der Waals surface area (Å²) in [6.07, 6.45) is 0. The molecular weight excluding hydrogens is 226 g/mol. The van der Waals surface area contributed by atoms with E-state index in [0.717, 1.165) is 11.1 Å². The lowest BCUT2D eigenvalue weighted by molar-refractivity contribution is -0.00964. The molecule has 1 aromatic heterocycles. The van der Waals surface area contributed by atoms with E-state index in [4.69, 9.17) is 9.15 Å². The third-order valence-electron chi connectivity index (χ3n) is 3.01. The van der Waals surface area contributed by atoms with Crippen molar-refractivity contribution in [1.82, 2.24) is 4.57 Å². The first-order valence-corrected chi connectivity index (χ1v) is 5.45. The first-order chi connectivity index (χ1) is 7.60. The van der Waals surface area contributed by atoms with E-state index in [1.807, 2.05) is 18.2 Å². The van der Waals surface area contributed by atoms with Crippen LogP contribution >= 0.6 is 12.6 Å². The van der Waals surface area contributed by atoms with Gasteiger partial charge in [0.2, 0.25) is 0 Å². The second kappa shape index (κ2) is 3.15. The average Bonchev–Trinajstić information content (AvgIpc) is 2.51. The summed E-state index contributed by atoms with van der Waals surface area (Å²) < 4.78 is 11.5. The molecule has 5 heteroatoms.